The van der Waals surface area contributed by atoms with Gasteiger partial charge in [-0.05, 0) is 79.7 Å². The van der Waals surface area contributed by atoms with Crippen LogP contribution in [0.4, 0.5) is 45.5 Å². The molecule has 0 fully saturated rings. The molecule has 0 saturated carbocycles. The summed E-state index contributed by atoms with van der Waals surface area (Å²) in [6, 6.07) is 7.02. The van der Waals surface area contributed by atoms with Crippen molar-refractivity contribution >= 4 is 68.3 Å². The van der Waals surface area contributed by atoms with Crippen LogP contribution >= 0.6 is 0 Å². The fourth-order valence-corrected chi connectivity index (χ4v) is 2.57. The van der Waals surface area contributed by atoms with Crippen LogP contribution in [0.5, 0.6) is 0 Å². The lowest BCUT2D eigenvalue weighted by Crippen LogP contribution is -1.93. The van der Waals surface area contributed by atoms with Gasteiger partial charge in [0.2, 0.25) is 0 Å². The molecule has 0 aliphatic rings. The van der Waals surface area contributed by atoms with Gasteiger partial charge in [0.25, 0.3) is 0 Å². The Morgan fingerprint density at radius 3 is 0.875 bits per heavy atom. The van der Waals surface area contributed by atoms with Crippen LogP contribution < -0.4 is 22.9 Å². The highest BCUT2D eigenvalue weighted by Crippen LogP contribution is 2.34. The molecule has 0 unspecified atom stereocenters. The third-order valence-electron chi connectivity index (χ3n) is 3.73. The molecule has 0 spiro atoms. The average molecular weight is 437 g/mol. The Morgan fingerprint density at radius 2 is 0.625 bits per heavy atom. The Morgan fingerprint density at radius 1 is 0.406 bits per heavy atom. The van der Waals surface area contributed by atoms with Crippen LogP contribution in [0.1, 0.15) is 55.4 Å². The summed E-state index contributed by atoms with van der Waals surface area (Å²) < 4.78 is 0. The van der Waals surface area contributed by atoms with E-state index in [2.05, 4.69) is 20.0 Å². The van der Waals surface area contributed by atoms with Crippen molar-refractivity contribution in [2.45, 2.75) is 55.4 Å². The first kappa shape index (κ1) is 26.4. The highest BCUT2D eigenvalue weighted by atomic mass is 14.8. The van der Waals surface area contributed by atoms with Gasteiger partial charge in [-0.1, -0.05) is 0 Å². The second-order valence-corrected chi connectivity index (χ2v) is 8.18. The van der Waals surface area contributed by atoms with E-state index in [1.165, 1.54) is 0 Å². The van der Waals surface area contributed by atoms with E-state index in [0.717, 1.165) is 22.8 Å². The number of nitrogens with two attached hydrogens (primary N) is 4. The van der Waals surface area contributed by atoms with E-state index in [1.54, 1.807) is 18.2 Å². The lowest BCUT2D eigenvalue weighted by Gasteiger charge is -2.06. The van der Waals surface area contributed by atoms with Crippen LogP contribution in [0.15, 0.2) is 44.2 Å². The van der Waals surface area contributed by atoms with Gasteiger partial charge in [-0.3, -0.25) is 20.0 Å². The summed E-state index contributed by atoms with van der Waals surface area (Å²) in [4.78, 5) is 17.3. The number of hydrogen-bond donors (Lipinski definition) is 4. The number of benzene rings is 2. The van der Waals surface area contributed by atoms with Gasteiger partial charge in [0.1, 0.15) is 0 Å². The quantitative estimate of drug-likeness (QED) is 0.335. The van der Waals surface area contributed by atoms with E-state index in [-0.39, 0.29) is 0 Å². The van der Waals surface area contributed by atoms with Gasteiger partial charge in [-0.2, -0.15) is 0 Å². The monoisotopic (exact) mass is 436 g/mol. The standard InChI is InChI=1S/2C12H18N4/c1-7(2)15-11-5-10(14)12(6-9(11)13)16-8(3)4;1-7(2)15-11-6-12(16-8(3)4)10(14)5-9(11)13/h2*5-6H,13-14H2,1-4H3. The summed E-state index contributed by atoms with van der Waals surface area (Å²) >= 11 is 0. The molecule has 2 aromatic carbocycles. The first-order valence-corrected chi connectivity index (χ1v) is 10.3. The van der Waals surface area contributed by atoms with Gasteiger partial charge in [-0.15, -0.1) is 0 Å². The van der Waals surface area contributed by atoms with E-state index in [9.17, 15) is 0 Å². The summed E-state index contributed by atoms with van der Waals surface area (Å²) in [7, 11) is 0. The molecule has 0 amide bonds. The number of rotatable bonds is 4. The predicted molar refractivity (Wildman–Crippen MR) is 144 cm³/mol. The molecule has 2 rings (SSSR count). The zero-order valence-electron chi connectivity index (χ0n) is 20.4. The van der Waals surface area contributed by atoms with Crippen molar-refractivity contribution in [2.75, 3.05) is 22.9 Å². The van der Waals surface area contributed by atoms with E-state index < -0.39 is 0 Å². The summed E-state index contributed by atoms with van der Waals surface area (Å²) in [5.74, 6) is 0. The molecule has 8 nitrogen and oxygen atoms in total. The first-order valence-electron chi connectivity index (χ1n) is 10.3. The third kappa shape index (κ3) is 8.59. The molecule has 0 aliphatic carbocycles. The predicted octanol–water partition coefficient (Wildman–Crippen LogP) is 6.15. The lowest BCUT2D eigenvalue weighted by atomic mass is 10.2. The molecule has 0 radical (unpaired) electrons. The van der Waals surface area contributed by atoms with Crippen LogP contribution in [-0.2, 0) is 0 Å². The molecule has 172 valence electrons. The Hall–Kier alpha value is -3.68. The van der Waals surface area contributed by atoms with Crippen LogP contribution in [-0.4, -0.2) is 22.8 Å². The molecule has 0 aliphatic heterocycles. The van der Waals surface area contributed by atoms with Crippen molar-refractivity contribution < 1.29 is 0 Å². The molecule has 32 heavy (non-hydrogen) atoms. The third-order valence-corrected chi connectivity index (χ3v) is 3.73. The van der Waals surface area contributed by atoms with Crippen molar-refractivity contribution in [1.29, 1.82) is 0 Å². The largest absolute Gasteiger partial charge is 0.397 e. The fourth-order valence-electron chi connectivity index (χ4n) is 2.57. The van der Waals surface area contributed by atoms with E-state index in [4.69, 9.17) is 22.9 Å². The van der Waals surface area contributed by atoms with Gasteiger partial charge in [-0.25, -0.2) is 0 Å². The molecule has 8 heteroatoms. The Bertz CT molecular complexity index is 993. The minimum atomic E-state index is 0.575. The molecular formula is C24H36N8. The number of nitrogens with zero attached hydrogens (tertiary/aromatic N) is 4. The van der Waals surface area contributed by atoms with Crippen molar-refractivity contribution in [3.63, 3.8) is 0 Å². The lowest BCUT2D eigenvalue weighted by molar-refractivity contribution is 1.43. The van der Waals surface area contributed by atoms with E-state index in [0.29, 0.717) is 45.5 Å². The molecule has 0 aromatic heterocycles. The molecule has 2 aromatic rings. The van der Waals surface area contributed by atoms with Gasteiger partial charge in [0.15, 0.2) is 0 Å². The van der Waals surface area contributed by atoms with Crippen LogP contribution in [0.25, 0.3) is 0 Å². The summed E-state index contributed by atoms with van der Waals surface area (Å²) in [5, 5.41) is 0. The van der Waals surface area contributed by atoms with Crippen molar-refractivity contribution in [3.05, 3.63) is 24.3 Å². The second kappa shape index (κ2) is 11.6. The van der Waals surface area contributed by atoms with E-state index in [1.807, 2.05) is 61.5 Å². The number of anilines is 4. The van der Waals surface area contributed by atoms with Gasteiger partial charge in [0.05, 0.1) is 45.5 Å². The zero-order chi connectivity index (χ0) is 24.6. The van der Waals surface area contributed by atoms with Crippen LogP contribution in [0.3, 0.4) is 0 Å². The first-order chi connectivity index (χ1) is 14.8. The Kier molecular flexibility index (Phi) is 9.59. The fraction of sp³-hybridized carbons (Fsp3) is 0.333. The molecule has 0 bridgehead atoms. The Balaban J connectivity index is 0.000000320. The summed E-state index contributed by atoms with van der Waals surface area (Å²) in [6.45, 7) is 15.3. The minimum Gasteiger partial charge on any atom is -0.397 e. The average Bonchev–Trinajstić information content (AvgIpc) is 2.62. The maximum atomic E-state index is 5.88. The highest BCUT2D eigenvalue weighted by Gasteiger charge is 2.05. The molecule has 8 N–H and O–H groups in total. The SMILES string of the molecule is CC(C)=Nc1cc(N)c(N=C(C)C)cc1N.CC(C)=Nc1cc(N=C(C)C)c(N)cc1N. The zero-order valence-corrected chi connectivity index (χ0v) is 20.4. The molecular weight excluding hydrogens is 400 g/mol. The van der Waals surface area contributed by atoms with Crippen molar-refractivity contribution in [2.24, 2.45) is 20.0 Å². The van der Waals surface area contributed by atoms with E-state index >= 15 is 0 Å². The number of hydrogen-bond acceptors (Lipinski definition) is 8. The smallest absolute Gasteiger partial charge is 0.0881 e. The maximum absolute atomic E-state index is 5.88. The molecule has 0 saturated heterocycles. The van der Waals surface area contributed by atoms with Gasteiger partial charge in [0, 0.05) is 22.8 Å². The molecule has 0 heterocycles. The van der Waals surface area contributed by atoms with Crippen molar-refractivity contribution in [1.82, 2.24) is 0 Å². The number of aliphatic imine (C=N–C) groups is 4. The van der Waals surface area contributed by atoms with Crippen molar-refractivity contribution in [3.8, 4) is 0 Å². The normalized spacial score (nSPS) is 9.75. The topological polar surface area (TPSA) is 154 Å². The van der Waals surface area contributed by atoms with Gasteiger partial charge >= 0.3 is 0 Å². The minimum absolute atomic E-state index is 0.575. The van der Waals surface area contributed by atoms with Gasteiger partial charge < -0.3 is 22.9 Å². The summed E-state index contributed by atoms with van der Waals surface area (Å²) in [5.41, 5.74) is 32.4. The maximum Gasteiger partial charge on any atom is 0.0881 e. The van der Waals surface area contributed by atoms with Crippen LogP contribution in [0.2, 0.25) is 0 Å². The summed E-state index contributed by atoms with van der Waals surface area (Å²) in [6.07, 6.45) is 0. The second-order valence-electron chi connectivity index (χ2n) is 8.18. The highest BCUT2D eigenvalue weighted by molar-refractivity contribution is 5.90. The van der Waals surface area contributed by atoms with Crippen LogP contribution in [0, 0.1) is 0 Å². The molecule has 0 atom stereocenters. The Labute approximate surface area is 191 Å². The number of nitrogen functional groups attached to an aromatic ring is 4.